The van der Waals surface area contributed by atoms with E-state index in [1.807, 2.05) is 12.1 Å². The Morgan fingerprint density at radius 1 is 1.00 bits per heavy atom. The fourth-order valence-corrected chi connectivity index (χ4v) is 2.62. The first-order chi connectivity index (χ1) is 9.61. The minimum Gasteiger partial charge on any atom is -0.380 e. The molecular weight excluding hydrogens is 361 g/mol. The van der Waals surface area contributed by atoms with Crippen molar-refractivity contribution in [3.8, 4) is 0 Å². The van der Waals surface area contributed by atoms with Gasteiger partial charge in [-0.2, -0.15) is 0 Å². The van der Waals surface area contributed by atoms with Crippen LogP contribution in [0.4, 0.5) is 5.69 Å². The van der Waals surface area contributed by atoms with Crippen molar-refractivity contribution < 1.29 is 4.74 Å². The molecule has 2 aromatic rings. The van der Waals surface area contributed by atoms with Gasteiger partial charge < -0.3 is 10.1 Å². The highest BCUT2D eigenvalue weighted by molar-refractivity contribution is 9.10. The smallest absolute Gasteiger partial charge is 0.0835 e. The molecule has 2 nitrogen and oxygen atoms in total. The van der Waals surface area contributed by atoms with Crippen LogP contribution in [0.15, 0.2) is 40.9 Å². The SMILES string of the molecule is COCc1ccc(CNc2ccc(Br)c(Cl)c2Cl)cc1. The summed E-state index contributed by atoms with van der Waals surface area (Å²) in [5.41, 5.74) is 3.14. The molecule has 0 saturated heterocycles. The summed E-state index contributed by atoms with van der Waals surface area (Å²) >= 11 is 15.6. The molecule has 0 saturated carbocycles. The first-order valence-corrected chi connectivity index (χ1v) is 7.61. The standard InChI is InChI=1S/C15H14BrCl2NO/c1-20-9-11-4-2-10(3-5-11)8-19-13-7-6-12(16)14(17)15(13)18/h2-7,19H,8-9H2,1H3. The Morgan fingerprint density at radius 3 is 2.30 bits per heavy atom. The highest BCUT2D eigenvalue weighted by Gasteiger charge is 2.07. The first kappa shape index (κ1) is 15.6. The van der Waals surface area contributed by atoms with Crippen molar-refractivity contribution in [2.45, 2.75) is 13.2 Å². The summed E-state index contributed by atoms with van der Waals surface area (Å²) < 4.78 is 5.88. The van der Waals surface area contributed by atoms with Gasteiger partial charge in [-0.3, -0.25) is 0 Å². The summed E-state index contributed by atoms with van der Waals surface area (Å²) in [5.74, 6) is 0. The predicted molar refractivity (Wildman–Crippen MR) is 88.6 cm³/mol. The van der Waals surface area contributed by atoms with Gasteiger partial charge in [0.2, 0.25) is 0 Å². The average Bonchev–Trinajstić information content (AvgIpc) is 2.46. The molecule has 0 aromatic heterocycles. The van der Waals surface area contributed by atoms with E-state index in [1.54, 1.807) is 7.11 Å². The van der Waals surface area contributed by atoms with Crippen LogP contribution in [0.3, 0.4) is 0 Å². The monoisotopic (exact) mass is 373 g/mol. The molecule has 0 radical (unpaired) electrons. The summed E-state index contributed by atoms with van der Waals surface area (Å²) in [6.45, 7) is 1.31. The van der Waals surface area contributed by atoms with E-state index in [2.05, 4.69) is 45.5 Å². The average molecular weight is 375 g/mol. The van der Waals surface area contributed by atoms with Crippen LogP contribution in [0, 0.1) is 0 Å². The maximum absolute atomic E-state index is 6.19. The van der Waals surface area contributed by atoms with Crippen LogP contribution in [0.1, 0.15) is 11.1 Å². The van der Waals surface area contributed by atoms with Gasteiger partial charge in [-0.15, -0.1) is 0 Å². The molecule has 0 unspecified atom stereocenters. The minimum absolute atomic E-state index is 0.520. The number of hydrogen-bond donors (Lipinski definition) is 1. The van der Waals surface area contributed by atoms with E-state index in [4.69, 9.17) is 27.9 Å². The van der Waals surface area contributed by atoms with E-state index < -0.39 is 0 Å². The Morgan fingerprint density at radius 2 is 1.65 bits per heavy atom. The van der Waals surface area contributed by atoms with Crippen LogP contribution >= 0.6 is 39.1 Å². The zero-order chi connectivity index (χ0) is 14.5. The van der Waals surface area contributed by atoms with E-state index >= 15 is 0 Å². The Balaban J connectivity index is 2.03. The highest BCUT2D eigenvalue weighted by atomic mass is 79.9. The lowest BCUT2D eigenvalue weighted by atomic mass is 10.1. The highest BCUT2D eigenvalue weighted by Crippen LogP contribution is 2.35. The van der Waals surface area contributed by atoms with Crippen LogP contribution in [0.25, 0.3) is 0 Å². The predicted octanol–water partition coefficient (Wildman–Crippen LogP) is 5.51. The molecule has 0 heterocycles. The fraction of sp³-hybridized carbons (Fsp3) is 0.200. The normalized spacial score (nSPS) is 10.6. The number of nitrogens with one attached hydrogen (secondary N) is 1. The number of rotatable bonds is 5. The molecular formula is C15H14BrCl2NO. The fourth-order valence-electron chi connectivity index (χ4n) is 1.78. The summed E-state index contributed by atoms with van der Waals surface area (Å²) in [6, 6.07) is 12.0. The lowest BCUT2D eigenvalue weighted by Crippen LogP contribution is -2.00. The zero-order valence-electron chi connectivity index (χ0n) is 10.9. The summed E-state index contributed by atoms with van der Waals surface area (Å²) in [4.78, 5) is 0. The molecule has 0 spiro atoms. The van der Waals surface area contributed by atoms with Crippen LogP contribution in [0.5, 0.6) is 0 Å². The van der Waals surface area contributed by atoms with Crippen LogP contribution in [0.2, 0.25) is 10.0 Å². The maximum atomic E-state index is 6.19. The number of methoxy groups -OCH3 is 1. The van der Waals surface area contributed by atoms with Gasteiger partial charge in [0.05, 0.1) is 22.3 Å². The van der Waals surface area contributed by atoms with E-state index in [1.165, 1.54) is 5.56 Å². The van der Waals surface area contributed by atoms with Crippen molar-refractivity contribution >= 4 is 44.8 Å². The number of anilines is 1. The Labute approximate surface area is 137 Å². The van der Waals surface area contributed by atoms with Crippen LogP contribution in [-0.2, 0) is 17.9 Å². The van der Waals surface area contributed by atoms with Gasteiger partial charge in [-0.25, -0.2) is 0 Å². The van der Waals surface area contributed by atoms with Gasteiger partial charge in [0.25, 0.3) is 0 Å². The second-order valence-electron chi connectivity index (χ2n) is 4.33. The van der Waals surface area contributed by atoms with Crippen molar-refractivity contribution in [2.75, 3.05) is 12.4 Å². The molecule has 0 fully saturated rings. The van der Waals surface area contributed by atoms with E-state index in [-0.39, 0.29) is 0 Å². The molecule has 5 heteroatoms. The third kappa shape index (κ3) is 3.89. The summed E-state index contributed by atoms with van der Waals surface area (Å²) in [7, 11) is 1.69. The Bertz CT molecular complexity index is 587. The van der Waals surface area contributed by atoms with Crippen molar-refractivity contribution in [3.05, 3.63) is 62.0 Å². The third-order valence-corrected chi connectivity index (χ3v) is 4.62. The molecule has 0 aliphatic carbocycles. The molecule has 0 bridgehead atoms. The largest absolute Gasteiger partial charge is 0.380 e. The van der Waals surface area contributed by atoms with Crippen LogP contribution in [-0.4, -0.2) is 7.11 Å². The number of halogens is 3. The van der Waals surface area contributed by atoms with Gasteiger partial charge in [-0.1, -0.05) is 47.5 Å². The lowest BCUT2D eigenvalue weighted by Gasteiger charge is -2.11. The van der Waals surface area contributed by atoms with Gasteiger partial charge >= 0.3 is 0 Å². The molecule has 0 atom stereocenters. The van der Waals surface area contributed by atoms with E-state index in [9.17, 15) is 0 Å². The first-order valence-electron chi connectivity index (χ1n) is 6.06. The van der Waals surface area contributed by atoms with Crippen molar-refractivity contribution in [2.24, 2.45) is 0 Å². The minimum atomic E-state index is 0.520. The van der Waals surface area contributed by atoms with Gasteiger partial charge in [0.1, 0.15) is 0 Å². The molecule has 20 heavy (non-hydrogen) atoms. The summed E-state index contributed by atoms with van der Waals surface area (Å²) in [6.07, 6.45) is 0. The third-order valence-electron chi connectivity index (χ3n) is 2.85. The van der Waals surface area contributed by atoms with E-state index in [0.29, 0.717) is 23.2 Å². The molecule has 2 rings (SSSR count). The molecule has 2 aromatic carbocycles. The number of benzene rings is 2. The second kappa shape index (κ2) is 7.32. The zero-order valence-corrected chi connectivity index (χ0v) is 14.0. The van der Waals surface area contributed by atoms with Gasteiger partial charge in [0.15, 0.2) is 0 Å². The molecule has 0 aliphatic heterocycles. The maximum Gasteiger partial charge on any atom is 0.0835 e. The molecule has 1 N–H and O–H groups in total. The van der Waals surface area contributed by atoms with Gasteiger partial charge in [0, 0.05) is 18.1 Å². The van der Waals surface area contributed by atoms with Crippen molar-refractivity contribution in [3.63, 3.8) is 0 Å². The topological polar surface area (TPSA) is 21.3 Å². The lowest BCUT2D eigenvalue weighted by molar-refractivity contribution is 0.185. The molecule has 106 valence electrons. The second-order valence-corrected chi connectivity index (χ2v) is 5.94. The number of ether oxygens (including phenoxy) is 1. The molecule has 0 amide bonds. The van der Waals surface area contributed by atoms with Crippen molar-refractivity contribution in [1.29, 1.82) is 0 Å². The van der Waals surface area contributed by atoms with Crippen LogP contribution < -0.4 is 5.32 Å². The van der Waals surface area contributed by atoms with Gasteiger partial charge in [-0.05, 0) is 39.2 Å². The van der Waals surface area contributed by atoms with Crippen molar-refractivity contribution in [1.82, 2.24) is 0 Å². The Hall–Kier alpha value is -0.740. The molecule has 0 aliphatic rings. The van der Waals surface area contributed by atoms with E-state index in [0.717, 1.165) is 15.7 Å². The number of hydrogen-bond acceptors (Lipinski definition) is 2. The quantitative estimate of drug-likeness (QED) is 0.696. The summed E-state index contributed by atoms with van der Waals surface area (Å²) in [5, 5.41) is 4.33. The Kier molecular flexibility index (Phi) is 5.73.